The van der Waals surface area contributed by atoms with Crippen LogP contribution in [0.4, 0.5) is 11.4 Å². The third-order valence-electron chi connectivity index (χ3n) is 2.59. The van der Waals surface area contributed by atoms with Gasteiger partial charge >= 0.3 is 0 Å². The van der Waals surface area contributed by atoms with Gasteiger partial charge in [-0.15, -0.1) is 0 Å². The first kappa shape index (κ1) is 12.1. The Hall–Kier alpha value is -2.37. The SMILES string of the molecule is COc1cc(N)c(NCc2cn[nH]c2)cc1OC. The number of nitrogens with two attached hydrogens (primary N) is 1. The molecular formula is C12H16N4O2. The molecule has 0 spiro atoms. The summed E-state index contributed by atoms with van der Waals surface area (Å²) < 4.78 is 10.4. The number of nitrogen functional groups attached to an aromatic ring is 1. The van der Waals surface area contributed by atoms with Crippen molar-refractivity contribution < 1.29 is 9.47 Å². The Labute approximate surface area is 105 Å². The second kappa shape index (κ2) is 5.31. The lowest BCUT2D eigenvalue weighted by Crippen LogP contribution is -2.03. The second-order valence-electron chi connectivity index (χ2n) is 3.75. The molecule has 2 rings (SSSR count). The van der Waals surface area contributed by atoms with Crippen molar-refractivity contribution in [2.45, 2.75) is 6.54 Å². The predicted octanol–water partition coefficient (Wildman–Crippen LogP) is 1.62. The predicted molar refractivity (Wildman–Crippen MR) is 69.9 cm³/mol. The molecule has 0 saturated carbocycles. The fourth-order valence-corrected chi connectivity index (χ4v) is 1.62. The van der Waals surface area contributed by atoms with Crippen LogP contribution in [-0.2, 0) is 6.54 Å². The standard InChI is InChI=1S/C12H16N4O2/c1-17-11-3-9(13)10(4-12(11)18-2)14-5-8-6-15-16-7-8/h3-4,6-7,14H,5,13H2,1-2H3,(H,15,16). The van der Waals surface area contributed by atoms with Gasteiger partial charge in [-0.2, -0.15) is 5.10 Å². The van der Waals surface area contributed by atoms with E-state index in [2.05, 4.69) is 15.5 Å². The summed E-state index contributed by atoms with van der Waals surface area (Å²) in [6.07, 6.45) is 3.58. The van der Waals surface area contributed by atoms with Gasteiger partial charge in [0.25, 0.3) is 0 Å². The number of hydrogen-bond donors (Lipinski definition) is 3. The Morgan fingerprint density at radius 1 is 1.28 bits per heavy atom. The van der Waals surface area contributed by atoms with Crippen molar-refractivity contribution >= 4 is 11.4 Å². The Bertz CT molecular complexity index is 511. The Kier molecular flexibility index (Phi) is 3.57. The maximum absolute atomic E-state index is 5.94. The molecule has 2 aromatic rings. The normalized spacial score (nSPS) is 10.1. The van der Waals surface area contributed by atoms with Gasteiger partial charge in [0.2, 0.25) is 0 Å². The number of benzene rings is 1. The van der Waals surface area contributed by atoms with Crippen LogP contribution in [0.1, 0.15) is 5.56 Å². The molecule has 18 heavy (non-hydrogen) atoms. The summed E-state index contributed by atoms with van der Waals surface area (Å²) in [5.41, 5.74) is 8.39. The highest BCUT2D eigenvalue weighted by Crippen LogP contribution is 2.34. The number of ether oxygens (including phenoxy) is 2. The highest BCUT2D eigenvalue weighted by Gasteiger charge is 2.08. The molecule has 1 heterocycles. The zero-order chi connectivity index (χ0) is 13.0. The van der Waals surface area contributed by atoms with Gasteiger partial charge in [0.05, 0.1) is 31.8 Å². The minimum atomic E-state index is 0.608. The van der Waals surface area contributed by atoms with Crippen LogP contribution < -0.4 is 20.5 Å². The summed E-state index contributed by atoms with van der Waals surface area (Å²) >= 11 is 0. The molecule has 0 amide bonds. The number of aromatic amines is 1. The third-order valence-corrected chi connectivity index (χ3v) is 2.59. The number of methoxy groups -OCH3 is 2. The molecule has 6 nitrogen and oxygen atoms in total. The average Bonchev–Trinajstić information content (AvgIpc) is 2.90. The quantitative estimate of drug-likeness (QED) is 0.700. The van der Waals surface area contributed by atoms with E-state index < -0.39 is 0 Å². The fourth-order valence-electron chi connectivity index (χ4n) is 1.62. The highest BCUT2D eigenvalue weighted by molar-refractivity contribution is 5.72. The van der Waals surface area contributed by atoms with Crippen molar-refractivity contribution in [2.75, 3.05) is 25.3 Å². The topological polar surface area (TPSA) is 85.2 Å². The van der Waals surface area contributed by atoms with Crippen molar-refractivity contribution in [3.8, 4) is 11.5 Å². The molecule has 0 saturated heterocycles. The van der Waals surface area contributed by atoms with E-state index in [1.807, 2.05) is 12.3 Å². The van der Waals surface area contributed by atoms with Crippen LogP contribution in [0.2, 0.25) is 0 Å². The summed E-state index contributed by atoms with van der Waals surface area (Å²) in [4.78, 5) is 0. The lowest BCUT2D eigenvalue weighted by atomic mass is 10.2. The summed E-state index contributed by atoms with van der Waals surface area (Å²) in [7, 11) is 3.17. The van der Waals surface area contributed by atoms with E-state index in [-0.39, 0.29) is 0 Å². The maximum Gasteiger partial charge on any atom is 0.162 e. The van der Waals surface area contributed by atoms with Crippen LogP contribution in [0.25, 0.3) is 0 Å². The van der Waals surface area contributed by atoms with Gasteiger partial charge in [-0.25, -0.2) is 0 Å². The van der Waals surface area contributed by atoms with Gasteiger partial charge in [0.15, 0.2) is 11.5 Å². The largest absolute Gasteiger partial charge is 0.493 e. The number of anilines is 2. The first-order valence-electron chi connectivity index (χ1n) is 5.47. The van der Waals surface area contributed by atoms with Crippen LogP contribution in [0.3, 0.4) is 0 Å². The van der Waals surface area contributed by atoms with E-state index in [1.54, 1.807) is 26.5 Å². The van der Waals surface area contributed by atoms with Crippen LogP contribution >= 0.6 is 0 Å². The molecule has 6 heteroatoms. The molecular weight excluding hydrogens is 232 g/mol. The highest BCUT2D eigenvalue weighted by atomic mass is 16.5. The number of aromatic nitrogens is 2. The zero-order valence-corrected chi connectivity index (χ0v) is 10.4. The molecule has 96 valence electrons. The van der Waals surface area contributed by atoms with Gasteiger partial charge in [0, 0.05) is 30.4 Å². The molecule has 4 N–H and O–H groups in total. The molecule has 0 aliphatic carbocycles. The lowest BCUT2D eigenvalue weighted by molar-refractivity contribution is 0.355. The number of rotatable bonds is 5. The summed E-state index contributed by atoms with van der Waals surface area (Å²) in [5, 5.41) is 9.85. The van der Waals surface area contributed by atoms with Crippen LogP contribution in [-0.4, -0.2) is 24.4 Å². The van der Waals surface area contributed by atoms with E-state index >= 15 is 0 Å². The molecule has 0 unspecified atom stereocenters. The maximum atomic E-state index is 5.94. The summed E-state index contributed by atoms with van der Waals surface area (Å²) in [5.74, 6) is 1.25. The van der Waals surface area contributed by atoms with Crippen molar-refractivity contribution in [3.63, 3.8) is 0 Å². The molecule has 0 bridgehead atoms. The molecule has 0 aliphatic heterocycles. The minimum Gasteiger partial charge on any atom is -0.493 e. The van der Waals surface area contributed by atoms with Crippen molar-refractivity contribution in [1.82, 2.24) is 10.2 Å². The number of nitrogens with one attached hydrogen (secondary N) is 2. The molecule has 0 fully saturated rings. The molecule has 1 aromatic carbocycles. The summed E-state index contributed by atoms with van der Waals surface area (Å²) in [6.45, 7) is 0.635. The Morgan fingerprint density at radius 3 is 2.61 bits per heavy atom. The number of H-pyrrole nitrogens is 1. The fraction of sp³-hybridized carbons (Fsp3) is 0.250. The Morgan fingerprint density at radius 2 is 2.00 bits per heavy atom. The van der Waals surface area contributed by atoms with Crippen molar-refractivity contribution in [3.05, 3.63) is 30.1 Å². The van der Waals surface area contributed by atoms with Crippen LogP contribution in [0.5, 0.6) is 11.5 Å². The first-order chi connectivity index (χ1) is 8.74. The second-order valence-corrected chi connectivity index (χ2v) is 3.75. The van der Waals surface area contributed by atoms with Crippen LogP contribution in [0, 0.1) is 0 Å². The molecule has 1 aromatic heterocycles. The van der Waals surface area contributed by atoms with E-state index in [0.29, 0.717) is 23.7 Å². The average molecular weight is 248 g/mol. The third kappa shape index (κ3) is 2.48. The van der Waals surface area contributed by atoms with Gasteiger partial charge in [0.1, 0.15) is 0 Å². The van der Waals surface area contributed by atoms with E-state index in [0.717, 1.165) is 11.3 Å². The smallest absolute Gasteiger partial charge is 0.162 e. The van der Waals surface area contributed by atoms with Gasteiger partial charge in [-0.1, -0.05) is 0 Å². The van der Waals surface area contributed by atoms with Gasteiger partial charge < -0.3 is 20.5 Å². The number of nitrogens with zero attached hydrogens (tertiary/aromatic N) is 1. The monoisotopic (exact) mass is 248 g/mol. The van der Waals surface area contributed by atoms with E-state index in [4.69, 9.17) is 15.2 Å². The first-order valence-corrected chi connectivity index (χ1v) is 5.47. The molecule has 0 radical (unpaired) electrons. The van der Waals surface area contributed by atoms with Gasteiger partial charge in [-0.05, 0) is 0 Å². The lowest BCUT2D eigenvalue weighted by Gasteiger charge is -2.13. The van der Waals surface area contributed by atoms with Crippen LogP contribution in [0.15, 0.2) is 24.5 Å². The molecule has 0 aliphatic rings. The van der Waals surface area contributed by atoms with E-state index in [9.17, 15) is 0 Å². The van der Waals surface area contributed by atoms with Crippen molar-refractivity contribution in [2.24, 2.45) is 0 Å². The van der Waals surface area contributed by atoms with Gasteiger partial charge in [-0.3, -0.25) is 5.10 Å². The van der Waals surface area contributed by atoms with E-state index in [1.165, 1.54) is 0 Å². The minimum absolute atomic E-state index is 0.608. The molecule has 0 atom stereocenters. The van der Waals surface area contributed by atoms with Crippen molar-refractivity contribution in [1.29, 1.82) is 0 Å². The Balaban J connectivity index is 2.17. The number of hydrogen-bond acceptors (Lipinski definition) is 5. The summed E-state index contributed by atoms with van der Waals surface area (Å²) in [6, 6.07) is 3.55. The zero-order valence-electron chi connectivity index (χ0n) is 10.4.